The number of alkyl halides is 2. The number of carbonyl (C=O) groups is 2. The van der Waals surface area contributed by atoms with Crippen molar-refractivity contribution in [1.29, 1.82) is 0 Å². The van der Waals surface area contributed by atoms with Crippen LogP contribution in [0.25, 0.3) is 11.3 Å². The number of hydrogen-bond acceptors (Lipinski definition) is 7. The van der Waals surface area contributed by atoms with E-state index in [1.165, 1.54) is 17.8 Å². The number of carbonyl (C=O) groups excluding carboxylic acids is 2. The SMILES string of the molecule is Cc1nc(Cn2cc(NC(=O)c3nc(-c4c(C(F)F)ccc(Cl)c4F)cnc3C)cn2)ncc1N1C[C@H]2CC[C@H]2C1=O. The molecule has 14 heteroatoms. The molecule has 0 bridgehead atoms. The molecule has 216 valence electrons. The van der Waals surface area contributed by atoms with E-state index in [0.29, 0.717) is 35.4 Å². The summed E-state index contributed by atoms with van der Waals surface area (Å²) in [7, 11) is 0. The average Bonchev–Trinajstić information content (AvgIpc) is 3.45. The van der Waals surface area contributed by atoms with Gasteiger partial charge in [-0.05, 0) is 38.7 Å². The minimum atomic E-state index is -3.00. The van der Waals surface area contributed by atoms with Gasteiger partial charge in [0, 0.05) is 29.8 Å². The van der Waals surface area contributed by atoms with E-state index in [0.717, 1.165) is 31.2 Å². The number of nitrogens with zero attached hydrogens (tertiary/aromatic N) is 7. The summed E-state index contributed by atoms with van der Waals surface area (Å²) < 4.78 is 43.5. The first-order valence-corrected chi connectivity index (χ1v) is 13.6. The number of halogens is 4. The van der Waals surface area contributed by atoms with Gasteiger partial charge in [0.05, 0.1) is 52.1 Å². The van der Waals surface area contributed by atoms with Crippen LogP contribution in [-0.2, 0) is 11.3 Å². The van der Waals surface area contributed by atoms with Crippen molar-refractivity contribution in [2.75, 3.05) is 16.8 Å². The molecular weight excluding hydrogens is 573 g/mol. The van der Waals surface area contributed by atoms with Crippen molar-refractivity contribution >= 4 is 34.8 Å². The number of aryl methyl sites for hydroxylation is 2. The van der Waals surface area contributed by atoms with Crippen molar-refractivity contribution in [1.82, 2.24) is 29.7 Å². The van der Waals surface area contributed by atoms with Crippen LogP contribution in [0.15, 0.2) is 36.9 Å². The molecule has 4 heterocycles. The monoisotopic (exact) mass is 596 g/mol. The van der Waals surface area contributed by atoms with Gasteiger partial charge in [-0.3, -0.25) is 19.3 Å². The maximum Gasteiger partial charge on any atom is 0.276 e. The first-order chi connectivity index (χ1) is 20.1. The van der Waals surface area contributed by atoms with Crippen LogP contribution in [0.4, 0.5) is 24.5 Å². The summed E-state index contributed by atoms with van der Waals surface area (Å²) in [6.07, 6.45) is 4.75. The summed E-state index contributed by atoms with van der Waals surface area (Å²) in [5.74, 6) is -0.629. The smallest absolute Gasteiger partial charge is 0.276 e. The Hall–Kier alpha value is -4.39. The summed E-state index contributed by atoms with van der Waals surface area (Å²) >= 11 is 5.82. The molecule has 0 spiro atoms. The fourth-order valence-corrected chi connectivity index (χ4v) is 5.50. The first kappa shape index (κ1) is 27.8. The molecule has 42 heavy (non-hydrogen) atoms. The lowest BCUT2D eigenvalue weighted by Gasteiger charge is -2.25. The lowest BCUT2D eigenvalue weighted by Crippen LogP contribution is -2.29. The topological polar surface area (TPSA) is 119 Å². The van der Waals surface area contributed by atoms with Crippen LogP contribution < -0.4 is 10.2 Å². The van der Waals surface area contributed by atoms with Gasteiger partial charge >= 0.3 is 0 Å². The van der Waals surface area contributed by atoms with E-state index in [1.807, 2.05) is 6.92 Å². The summed E-state index contributed by atoms with van der Waals surface area (Å²) in [6.45, 7) is 4.25. The Morgan fingerprint density at radius 1 is 1.12 bits per heavy atom. The fraction of sp³-hybridized carbons (Fsp3) is 0.321. The number of nitrogens with one attached hydrogen (secondary N) is 1. The van der Waals surface area contributed by atoms with Gasteiger partial charge < -0.3 is 10.2 Å². The third kappa shape index (κ3) is 4.97. The highest BCUT2D eigenvalue weighted by Crippen LogP contribution is 2.43. The van der Waals surface area contributed by atoms with Crippen molar-refractivity contribution in [3.8, 4) is 11.3 Å². The maximum absolute atomic E-state index is 14.8. The summed E-state index contributed by atoms with van der Waals surface area (Å²) in [5.41, 5.74) is 0.356. The van der Waals surface area contributed by atoms with Gasteiger partial charge in [0.1, 0.15) is 18.1 Å². The number of anilines is 2. The van der Waals surface area contributed by atoms with Crippen molar-refractivity contribution in [3.63, 3.8) is 0 Å². The molecule has 1 saturated heterocycles. The third-order valence-electron chi connectivity index (χ3n) is 7.70. The van der Waals surface area contributed by atoms with E-state index in [2.05, 4.69) is 30.4 Å². The number of amides is 2. The molecule has 4 aromatic rings. The highest BCUT2D eigenvalue weighted by atomic mass is 35.5. The molecule has 2 fully saturated rings. The molecule has 1 aromatic carbocycles. The predicted octanol–water partition coefficient (Wildman–Crippen LogP) is 5.15. The van der Waals surface area contributed by atoms with Gasteiger partial charge in [0.2, 0.25) is 5.91 Å². The van der Waals surface area contributed by atoms with Crippen LogP contribution in [-0.4, -0.2) is 48.1 Å². The second kappa shape index (κ2) is 10.8. The van der Waals surface area contributed by atoms with E-state index in [4.69, 9.17) is 11.6 Å². The minimum Gasteiger partial charge on any atom is -0.318 e. The van der Waals surface area contributed by atoms with Gasteiger partial charge in [-0.25, -0.2) is 28.1 Å². The van der Waals surface area contributed by atoms with Crippen LogP contribution >= 0.6 is 11.6 Å². The Kier molecular flexibility index (Phi) is 7.13. The van der Waals surface area contributed by atoms with Gasteiger partial charge in [-0.1, -0.05) is 17.7 Å². The van der Waals surface area contributed by atoms with E-state index in [-0.39, 0.29) is 40.5 Å². The number of aromatic nitrogens is 6. The van der Waals surface area contributed by atoms with E-state index in [1.54, 1.807) is 17.3 Å². The van der Waals surface area contributed by atoms with Crippen molar-refractivity contribution < 1.29 is 22.8 Å². The van der Waals surface area contributed by atoms with Crippen molar-refractivity contribution in [3.05, 3.63) is 76.2 Å². The molecule has 2 amide bonds. The molecule has 10 nitrogen and oxygen atoms in total. The zero-order valence-corrected chi connectivity index (χ0v) is 23.2. The number of rotatable bonds is 7. The molecule has 0 unspecified atom stereocenters. The van der Waals surface area contributed by atoms with Crippen molar-refractivity contribution in [2.24, 2.45) is 11.8 Å². The Morgan fingerprint density at radius 2 is 1.93 bits per heavy atom. The van der Waals surface area contributed by atoms with Crippen LogP contribution in [0.3, 0.4) is 0 Å². The van der Waals surface area contributed by atoms with Crippen LogP contribution in [0.5, 0.6) is 0 Å². The average molecular weight is 597 g/mol. The van der Waals surface area contributed by atoms with Crippen LogP contribution in [0.2, 0.25) is 5.02 Å². The summed E-state index contributed by atoms with van der Waals surface area (Å²) in [5, 5.41) is 6.53. The Bertz CT molecular complexity index is 1730. The number of hydrogen-bond donors (Lipinski definition) is 1. The lowest BCUT2D eigenvalue weighted by molar-refractivity contribution is -0.123. The van der Waals surface area contributed by atoms with E-state index >= 15 is 0 Å². The second-order valence-corrected chi connectivity index (χ2v) is 10.8. The quantitative estimate of drug-likeness (QED) is 0.313. The van der Waals surface area contributed by atoms with Crippen LogP contribution in [0.1, 0.15) is 52.5 Å². The summed E-state index contributed by atoms with van der Waals surface area (Å²) in [6, 6.07) is 2.04. The van der Waals surface area contributed by atoms with E-state index in [9.17, 15) is 22.8 Å². The second-order valence-electron chi connectivity index (χ2n) is 10.3. The molecule has 1 aliphatic heterocycles. The predicted molar refractivity (Wildman–Crippen MR) is 147 cm³/mol. The third-order valence-corrected chi connectivity index (χ3v) is 7.99. The normalized spacial score (nSPS) is 17.9. The molecule has 3 aromatic heterocycles. The number of benzene rings is 1. The Balaban J connectivity index is 1.17. The maximum atomic E-state index is 14.8. The molecule has 6 rings (SSSR count). The minimum absolute atomic E-state index is 0.118. The molecule has 2 atom stereocenters. The molecule has 0 radical (unpaired) electrons. The molecular formula is C28H24ClF3N8O2. The van der Waals surface area contributed by atoms with Crippen molar-refractivity contribution in [2.45, 2.75) is 39.7 Å². The molecule has 1 saturated carbocycles. The van der Waals surface area contributed by atoms with Gasteiger partial charge in [0.25, 0.3) is 12.3 Å². The van der Waals surface area contributed by atoms with Gasteiger partial charge in [0.15, 0.2) is 5.82 Å². The summed E-state index contributed by atoms with van der Waals surface area (Å²) in [4.78, 5) is 44.7. The largest absolute Gasteiger partial charge is 0.318 e. The van der Waals surface area contributed by atoms with Crippen LogP contribution in [0, 0.1) is 31.5 Å². The van der Waals surface area contributed by atoms with E-state index < -0.39 is 29.3 Å². The fourth-order valence-electron chi connectivity index (χ4n) is 5.35. The van der Waals surface area contributed by atoms with Gasteiger partial charge in [-0.2, -0.15) is 5.10 Å². The zero-order valence-electron chi connectivity index (χ0n) is 22.5. The zero-order chi connectivity index (χ0) is 29.7. The molecule has 1 N–H and O–H groups in total. The number of fused-ring (bicyclic) bond motifs is 1. The highest BCUT2D eigenvalue weighted by molar-refractivity contribution is 6.31. The standard InChI is InChI=1S/C28H24ClF3N8O2/c1-13-21(40-10-15-3-4-17(15)28(40)42)9-34-22(36-13)12-39-11-16(7-35-39)37-27(41)25-14(2)33-8-20(38-25)23-18(26(31)32)5-6-19(29)24(23)30/h5-9,11,15,17,26H,3-4,10,12H2,1-2H3,(H,37,41)/t15-,17-/m1/s1. The Labute approximate surface area is 243 Å². The lowest BCUT2D eigenvalue weighted by atomic mass is 9.76. The van der Waals surface area contributed by atoms with Gasteiger partial charge in [-0.15, -0.1) is 0 Å². The Morgan fingerprint density at radius 3 is 2.60 bits per heavy atom. The molecule has 1 aliphatic carbocycles. The first-order valence-electron chi connectivity index (χ1n) is 13.2. The molecule has 2 aliphatic rings. The highest BCUT2D eigenvalue weighted by Gasteiger charge is 2.47.